The molecular weight excluding hydrogens is 282 g/mol. The molecule has 0 amide bonds. The largest absolute Gasteiger partial charge is 0.304 e. The lowest BCUT2D eigenvalue weighted by Gasteiger charge is -2.09. The summed E-state index contributed by atoms with van der Waals surface area (Å²) in [5.74, 6) is 5.98. The first kappa shape index (κ1) is 12.3. The Morgan fingerprint density at radius 2 is 2.29 bits per heavy atom. The fraction of sp³-hybridized carbons (Fsp3) is 0.250. The smallest absolute Gasteiger partial charge is 0.110 e. The molecule has 0 bridgehead atoms. The maximum atomic E-state index is 5.02. The summed E-state index contributed by atoms with van der Waals surface area (Å²) in [5, 5.41) is 0. The third-order valence-electron chi connectivity index (χ3n) is 2.61. The van der Waals surface area contributed by atoms with Crippen molar-refractivity contribution in [1.29, 1.82) is 0 Å². The average Bonchev–Trinajstić information content (AvgIpc) is 2.73. The van der Waals surface area contributed by atoms with Crippen molar-refractivity contribution in [1.82, 2.24) is 9.55 Å². The van der Waals surface area contributed by atoms with Gasteiger partial charge in [-0.1, -0.05) is 6.07 Å². The van der Waals surface area contributed by atoms with Gasteiger partial charge >= 0.3 is 0 Å². The van der Waals surface area contributed by atoms with Gasteiger partial charge in [0.05, 0.1) is 12.3 Å². The van der Waals surface area contributed by atoms with Crippen molar-refractivity contribution in [3.05, 3.63) is 46.5 Å². The van der Waals surface area contributed by atoms with E-state index in [2.05, 4.69) is 44.0 Å². The Labute approximate surface area is 108 Å². The SMILES string of the molecule is Cc1nccn1-c1ccc(CCON)cc1Br. The number of halogens is 1. The van der Waals surface area contributed by atoms with E-state index in [9.17, 15) is 0 Å². The quantitative estimate of drug-likeness (QED) is 0.881. The van der Waals surface area contributed by atoms with Gasteiger partial charge in [0.25, 0.3) is 0 Å². The van der Waals surface area contributed by atoms with E-state index in [1.807, 2.05) is 17.7 Å². The highest BCUT2D eigenvalue weighted by Gasteiger charge is 2.05. The van der Waals surface area contributed by atoms with Gasteiger partial charge in [-0.3, -0.25) is 0 Å². The highest BCUT2D eigenvalue weighted by Crippen LogP contribution is 2.23. The molecule has 0 radical (unpaired) electrons. The third kappa shape index (κ3) is 2.74. The number of imidazole rings is 1. The van der Waals surface area contributed by atoms with Crippen LogP contribution in [0.1, 0.15) is 11.4 Å². The van der Waals surface area contributed by atoms with E-state index in [4.69, 9.17) is 5.90 Å². The van der Waals surface area contributed by atoms with Crippen LogP contribution in [-0.4, -0.2) is 16.2 Å². The molecule has 4 nitrogen and oxygen atoms in total. The lowest BCUT2D eigenvalue weighted by Crippen LogP contribution is -2.04. The molecule has 1 heterocycles. The van der Waals surface area contributed by atoms with Crippen molar-refractivity contribution in [2.75, 3.05) is 6.61 Å². The molecule has 0 aliphatic heterocycles. The Hall–Kier alpha value is -1.17. The molecule has 0 atom stereocenters. The van der Waals surface area contributed by atoms with Crippen LogP contribution in [0, 0.1) is 6.92 Å². The molecule has 0 spiro atoms. The van der Waals surface area contributed by atoms with E-state index in [-0.39, 0.29) is 0 Å². The normalized spacial score (nSPS) is 10.8. The van der Waals surface area contributed by atoms with Crippen molar-refractivity contribution in [2.24, 2.45) is 5.90 Å². The number of rotatable bonds is 4. The number of nitrogens with two attached hydrogens (primary N) is 1. The van der Waals surface area contributed by atoms with E-state index in [0.717, 1.165) is 22.4 Å². The summed E-state index contributed by atoms with van der Waals surface area (Å²) in [6.45, 7) is 2.50. The maximum Gasteiger partial charge on any atom is 0.110 e. The lowest BCUT2D eigenvalue weighted by atomic mass is 10.1. The van der Waals surface area contributed by atoms with Crippen LogP contribution in [0.5, 0.6) is 0 Å². The Balaban J connectivity index is 2.29. The average molecular weight is 296 g/mol. The summed E-state index contributed by atoms with van der Waals surface area (Å²) in [5.41, 5.74) is 2.27. The van der Waals surface area contributed by atoms with E-state index >= 15 is 0 Å². The second kappa shape index (κ2) is 5.44. The zero-order valence-electron chi connectivity index (χ0n) is 9.56. The second-order valence-corrected chi connectivity index (χ2v) is 4.61. The first-order chi connectivity index (χ1) is 8.22. The van der Waals surface area contributed by atoms with Crippen molar-refractivity contribution in [3.8, 4) is 5.69 Å². The maximum absolute atomic E-state index is 5.02. The topological polar surface area (TPSA) is 53.1 Å². The summed E-state index contributed by atoms with van der Waals surface area (Å²) in [6, 6.07) is 6.21. The van der Waals surface area contributed by atoms with Crippen LogP contribution >= 0.6 is 15.9 Å². The van der Waals surface area contributed by atoms with Crippen LogP contribution in [-0.2, 0) is 11.3 Å². The predicted molar refractivity (Wildman–Crippen MR) is 69.8 cm³/mol. The molecule has 2 rings (SSSR count). The molecule has 17 heavy (non-hydrogen) atoms. The summed E-state index contributed by atoms with van der Waals surface area (Å²) in [7, 11) is 0. The number of hydrogen-bond acceptors (Lipinski definition) is 3. The summed E-state index contributed by atoms with van der Waals surface area (Å²) >= 11 is 3.57. The van der Waals surface area contributed by atoms with Crippen LogP contribution in [0.4, 0.5) is 0 Å². The fourth-order valence-electron chi connectivity index (χ4n) is 1.71. The van der Waals surface area contributed by atoms with Gasteiger partial charge in [-0.15, -0.1) is 0 Å². The zero-order valence-corrected chi connectivity index (χ0v) is 11.1. The third-order valence-corrected chi connectivity index (χ3v) is 3.24. The highest BCUT2D eigenvalue weighted by atomic mass is 79.9. The second-order valence-electron chi connectivity index (χ2n) is 3.75. The van der Waals surface area contributed by atoms with Gasteiger partial charge in [0.2, 0.25) is 0 Å². The summed E-state index contributed by atoms with van der Waals surface area (Å²) < 4.78 is 3.07. The number of nitrogens with zero attached hydrogens (tertiary/aromatic N) is 2. The molecule has 0 saturated carbocycles. The predicted octanol–water partition coefficient (Wildman–Crippen LogP) is 2.38. The number of benzene rings is 1. The van der Waals surface area contributed by atoms with Crippen LogP contribution in [0.2, 0.25) is 0 Å². The van der Waals surface area contributed by atoms with Crippen LogP contribution in [0.3, 0.4) is 0 Å². The number of aryl methyl sites for hydroxylation is 1. The Morgan fingerprint density at radius 1 is 1.47 bits per heavy atom. The lowest BCUT2D eigenvalue weighted by molar-refractivity contribution is 0.141. The van der Waals surface area contributed by atoms with E-state index < -0.39 is 0 Å². The van der Waals surface area contributed by atoms with Gasteiger partial charge in [-0.05, 0) is 47.0 Å². The monoisotopic (exact) mass is 295 g/mol. The van der Waals surface area contributed by atoms with Gasteiger partial charge in [0.1, 0.15) is 5.82 Å². The van der Waals surface area contributed by atoms with Crippen molar-refractivity contribution in [3.63, 3.8) is 0 Å². The van der Waals surface area contributed by atoms with Gasteiger partial charge < -0.3 is 9.40 Å². The van der Waals surface area contributed by atoms with Crippen molar-refractivity contribution in [2.45, 2.75) is 13.3 Å². The van der Waals surface area contributed by atoms with Crippen LogP contribution in [0.25, 0.3) is 5.69 Å². The van der Waals surface area contributed by atoms with Crippen LogP contribution < -0.4 is 5.90 Å². The van der Waals surface area contributed by atoms with Gasteiger partial charge in [0.15, 0.2) is 0 Å². The molecule has 1 aromatic heterocycles. The summed E-state index contributed by atoms with van der Waals surface area (Å²) in [4.78, 5) is 8.79. The molecular formula is C12H14BrN3O. The molecule has 1 aromatic carbocycles. The molecule has 0 aliphatic carbocycles. The molecule has 5 heteroatoms. The number of aromatic nitrogens is 2. The molecule has 2 N–H and O–H groups in total. The molecule has 0 aliphatic rings. The minimum absolute atomic E-state index is 0.524. The minimum Gasteiger partial charge on any atom is -0.304 e. The first-order valence-corrected chi connectivity index (χ1v) is 6.12. The molecule has 0 unspecified atom stereocenters. The van der Waals surface area contributed by atoms with Crippen molar-refractivity contribution >= 4 is 15.9 Å². The van der Waals surface area contributed by atoms with Gasteiger partial charge in [0, 0.05) is 16.9 Å². The standard InChI is InChI=1S/C12H14BrN3O/c1-9-15-5-6-16(9)12-3-2-10(4-7-17-14)8-11(12)13/h2-3,5-6,8H,4,7,14H2,1H3. The van der Waals surface area contributed by atoms with Gasteiger partial charge in [-0.2, -0.15) is 0 Å². The van der Waals surface area contributed by atoms with Gasteiger partial charge in [-0.25, -0.2) is 10.9 Å². The van der Waals surface area contributed by atoms with E-state index in [1.165, 1.54) is 5.56 Å². The highest BCUT2D eigenvalue weighted by molar-refractivity contribution is 9.10. The number of hydrogen-bond donors (Lipinski definition) is 1. The molecule has 0 saturated heterocycles. The summed E-state index contributed by atoms with van der Waals surface area (Å²) in [6.07, 6.45) is 4.54. The van der Waals surface area contributed by atoms with E-state index in [1.54, 1.807) is 6.20 Å². The first-order valence-electron chi connectivity index (χ1n) is 5.33. The van der Waals surface area contributed by atoms with Crippen LogP contribution in [0.15, 0.2) is 35.1 Å². The fourth-order valence-corrected chi connectivity index (χ4v) is 2.33. The Bertz CT molecular complexity index is 510. The Kier molecular flexibility index (Phi) is 3.93. The van der Waals surface area contributed by atoms with Crippen molar-refractivity contribution < 1.29 is 4.84 Å². The molecule has 0 fully saturated rings. The van der Waals surface area contributed by atoms with E-state index in [0.29, 0.717) is 6.61 Å². The molecule has 2 aromatic rings. The Morgan fingerprint density at radius 3 is 2.88 bits per heavy atom. The minimum atomic E-state index is 0.524. The zero-order chi connectivity index (χ0) is 12.3. The molecule has 90 valence electrons.